The van der Waals surface area contributed by atoms with Crippen LogP contribution in [0.2, 0.25) is 6.82 Å². The Labute approximate surface area is 273 Å². The normalized spacial score (nSPS) is 9.60. The van der Waals surface area contributed by atoms with Crippen molar-refractivity contribution in [2.45, 2.75) is 27.0 Å². The van der Waals surface area contributed by atoms with E-state index in [9.17, 15) is 19.4 Å². The molecule has 0 atom stereocenters. The first-order valence-electron chi connectivity index (χ1n) is 14.1. The maximum absolute atomic E-state index is 10.6. The lowest BCUT2D eigenvalue weighted by atomic mass is 9.62. The van der Waals surface area contributed by atoms with Crippen molar-refractivity contribution in [2.75, 3.05) is 0 Å². The van der Waals surface area contributed by atoms with Crippen LogP contribution < -0.4 is 21.9 Å². The Morgan fingerprint density at radius 3 is 1.38 bits per heavy atom. The molecule has 0 amide bonds. The summed E-state index contributed by atoms with van der Waals surface area (Å²) in [4.78, 5) is 31.4. The molecule has 0 aliphatic rings. The summed E-state index contributed by atoms with van der Waals surface area (Å²) in [6, 6.07) is 22.8. The molecule has 12 nitrogen and oxygen atoms in total. The average molecular weight is 644 g/mol. The SMILES string of the molecule is CB(O)c1ccc(CO)cc1C=O.Cc1ccccc1B(O)O.O=Cc1ccc(CO)cc1B(O)O.O=Cc1ccccc1B(O)O. The molecule has 0 fully saturated rings. The molecule has 0 aliphatic heterocycles. The van der Waals surface area contributed by atoms with Gasteiger partial charge in [0.1, 0.15) is 18.9 Å². The maximum atomic E-state index is 10.6. The highest BCUT2D eigenvalue weighted by Gasteiger charge is 2.16. The number of carbonyl (C=O) groups excluding carboxylic acids is 3. The van der Waals surface area contributed by atoms with Crippen LogP contribution in [0.1, 0.15) is 47.8 Å². The standard InChI is InChI=1S/C9H11BO3.C8H9BO4.C7H7BO3.C7H9BO2/c1-10(13)9-3-2-7(5-11)4-8(9)6-12;10-4-6-1-2-7(5-11)8(3-6)9(12)13;9-5-6-3-1-2-4-7(6)8(10)11;1-6-4-2-3-5-7(6)8(9)10/h2-4,6,11,13H,5H2,1H3;1-3,5,10,12-13H,4H2;1-5,10-11H;2-5,9-10H,1H3. The van der Waals surface area contributed by atoms with Crippen LogP contribution in [0.25, 0.3) is 0 Å². The second-order valence-electron chi connectivity index (χ2n) is 9.88. The number of aldehydes is 3. The maximum Gasteiger partial charge on any atom is 0.489 e. The van der Waals surface area contributed by atoms with Crippen molar-refractivity contribution >= 4 is 69.0 Å². The van der Waals surface area contributed by atoms with Gasteiger partial charge in [0.2, 0.25) is 0 Å². The van der Waals surface area contributed by atoms with Gasteiger partial charge in [0.25, 0.3) is 0 Å². The number of aryl methyl sites for hydroxylation is 1. The summed E-state index contributed by atoms with van der Waals surface area (Å²) in [6.07, 6.45) is 1.81. The molecule has 0 spiro atoms. The van der Waals surface area contributed by atoms with E-state index in [2.05, 4.69) is 0 Å². The summed E-state index contributed by atoms with van der Waals surface area (Å²) in [6.45, 7) is 2.49. The quantitative estimate of drug-likeness (QED) is 0.0672. The van der Waals surface area contributed by atoms with E-state index in [1.54, 1.807) is 55.4 Å². The molecule has 47 heavy (non-hydrogen) atoms. The second-order valence-corrected chi connectivity index (χ2v) is 9.88. The number of rotatable bonds is 9. The molecule has 0 unspecified atom stereocenters. The highest BCUT2D eigenvalue weighted by atomic mass is 16.4. The zero-order valence-electron chi connectivity index (χ0n) is 25.8. The van der Waals surface area contributed by atoms with Crippen LogP contribution in [0, 0.1) is 6.92 Å². The molecular weight excluding hydrogens is 608 g/mol. The minimum absolute atomic E-state index is 0.0963. The molecule has 0 saturated carbocycles. The van der Waals surface area contributed by atoms with Crippen LogP contribution in [-0.2, 0) is 13.2 Å². The van der Waals surface area contributed by atoms with E-state index in [1.165, 1.54) is 24.3 Å². The zero-order chi connectivity index (χ0) is 35.5. The van der Waals surface area contributed by atoms with Gasteiger partial charge in [-0.1, -0.05) is 91.2 Å². The van der Waals surface area contributed by atoms with Crippen LogP contribution in [-0.4, -0.2) is 92.5 Å². The van der Waals surface area contributed by atoms with Gasteiger partial charge in [0.05, 0.1) is 13.2 Å². The second kappa shape index (κ2) is 21.6. The summed E-state index contributed by atoms with van der Waals surface area (Å²) in [5.74, 6) is 0. The largest absolute Gasteiger partial charge is 0.489 e. The monoisotopic (exact) mass is 644 g/mol. The van der Waals surface area contributed by atoms with Gasteiger partial charge in [-0.15, -0.1) is 0 Å². The van der Waals surface area contributed by atoms with Crippen LogP contribution >= 0.6 is 0 Å². The lowest BCUT2D eigenvalue weighted by Crippen LogP contribution is -2.33. The van der Waals surface area contributed by atoms with E-state index in [1.807, 2.05) is 19.1 Å². The number of aliphatic hydroxyl groups excluding tert-OH is 2. The molecule has 4 aromatic carbocycles. The Kier molecular flexibility index (Phi) is 18.7. The smallest absolute Gasteiger partial charge is 0.446 e. The zero-order valence-corrected chi connectivity index (χ0v) is 25.8. The summed E-state index contributed by atoms with van der Waals surface area (Å²) in [5.41, 5.74) is 4.58. The van der Waals surface area contributed by atoms with Crippen molar-refractivity contribution in [3.63, 3.8) is 0 Å². The van der Waals surface area contributed by atoms with Gasteiger partial charge in [0, 0.05) is 16.7 Å². The average Bonchev–Trinajstić information content (AvgIpc) is 3.08. The molecule has 4 aromatic rings. The number of benzene rings is 4. The van der Waals surface area contributed by atoms with E-state index >= 15 is 0 Å². The highest BCUT2D eigenvalue weighted by molar-refractivity contribution is 6.66. The highest BCUT2D eigenvalue weighted by Crippen LogP contribution is 2.03. The lowest BCUT2D eigenvalue weighted by molar-refractivity contribution is 0.111. The molecule has 0 saturated heterocycles. The molecule has 16 heteroatoms. The Morgan fingerprint density at radius 2 is 0.957 bits per heavy atom. The van der Waals surface area contributed by atoms with Crippen molar-refractivity contribution in [1.29, 1.82) is 0 Å². The van der Waals surface area contributed by atoms with Gasteiger partial charge in [-0.25, -0.2) is 0 Å². The predicted molar refractivity (Wildman–Crippen MR) is 181 cm³/mol. The Balaban J connectivity index is 0.000000315. The van der Waals surface area contributed by atoms with Crippen LogP contribution in [0.5, 0.6) is 0 Å². The lowest BCUT2D eigenvalue weighted by Gasteiger charge is -2.05. The number of aliphatic hydroxyl groups is 2. The number of hydrogen-bond donors (Lipinski definition) is 9. The van der Waals surface area contributed by atoms with Gasteiger partial charge in [0.15, 0.2) is 0 Å². The minimum atomic E-state index is -1.69. The molecule has 0 radical (unpaired) electrons. The third-order valence-electron chi connectivity index (χ3n) is 6.52. The summed E-state index contributed by atoms with van der Waals surface area (Å²) < 4.78 is 0. The van der Waals surface area contributed by atoms with Crippen molar-refractivity contribution in [2.24, 2.45) is 0 Å². The van der Waals surface area contributed by atoms with E-state index in [4.69, 9.17) is 40.4 Å². The fourth-order valence-corrected chi connectivity index (χ4v) is 3.99. The van der Waals surface area contributed by atoms with E-state index < -0.39 is 28.3 Å². The first-order valence-corrected chi connectivity index (χ1v) is 14.1. The molecule has 4 rings (SSSR count). The van der Waals surface area contributed by atoms with Crippen molar-refractivity contribution in [3.8, 4) is 0 Å². The summed E-state index contributed by atoms with van der Waals surface area (Å²) in [5, 5.41) is 79.6. The van der Waals surface area contributed by atoms with Gasteiger partial charge >= 0.3 is 28.3 Å². The van der Waals surface area contributed by atoms with E-state index in [-0.39, 0.29) is 29.7 Å². The Hall–Kier alpha value is -4.21. The first-order chi connectivity index (χ1) is 22.3. The summed E-state index contributed by atoms with van der Waals surface area (Å²) in [7, 11) is -4.61. The number of hydrogen-bond acceptors (Lipinski definition) is 12. The third kappa shape index (κ3) is 13.6. The molecular formula is C31H36B4O12. The molecule has 0 aliphatic carbocycles. The van der Waals surface area contributed by atoms with Crippen molar-refractivity contribution in [1.82, 2.24) is 0 Å². The third-order valence-corrected chi connectivity index (χ3v) is 6.52. The Bertz CT molecular complexity index is 1570. The van der Waals surface area contributed by atoms with Gasteiger partial charge in [-0.2, -0.15) is 0 Å². The minimum Gasteiger partial charge on any atom is -0.446 e. The molecule has 0 aromatic heterocycles. The first kappa shape index (κ1) is 40.8. The van der Waals surface area contributed by atoms with Gasteiger partial charge < -0.3 is 45.4 Å². The topological polar surface area (TPSA) is 233 Å². The molecule has 244 valence electrons. The van der Waals surface area contributed by atoms with Gasteiger partial charge in [-0.3, -0.25) is 14.4 Å². The molecule has 0 heterocycles. The summed E-state index contributed by atoms with van der Waals surface area (Å²) >= 11 is 0. The van der Waals surface area contributed by atoms with E-state index in [0.29, 0.717) is 52.0 Å². The van der Waals surface area contributed by atoms with E-state index in [0.717, 1.165) is 5.56 Å². The fraction of sp³-hybridized carbons (Fsp3) is 0.129. The van der Waals surface area contributed by atoms with Crippen molar-refractivity contribution < 1.29 is 59.8 Å². The molecule has 0 bridgehead atoms. The van der Waals surface area contributed by atoms with Crippen LogP contribution in [0.4, 0.5) is 0 Å². The van der Waals surface area contributed by atoms with Crippen LogP contribution in [0.15, 0.2) is 84.9 Å². The van der Waals surface area contributed by atoms with Crippen molar-refractivity contribution in [3.05, 3.63) is 118 Å². The van der Waals surface area contributed by atoms with Gasteiger partial charge in [-0.05, 0) is 46.0 Å². The number of carbonyl (C=O) groups is 3. The Morgan fingerprint density at radius 1 is 0.511 bits per heavy atom. The van der Waals surface area contributed by atoms with Crippen LogP contribution in [0.3, 0.4) is 0 Å². The predicted octanol–water partition coefficient (Wildman–Crippen LogP) is -2.66. The molecule has 9 N–H and O–H groups in total. The fourth-order valence-electron chi connectivity index (χ4n) is 3.99.